The SMILES string of the molecule is COc1cc(C=C(C#N)c2nc(N)nc(Nc3ccccc3)n2)cc(OC)c1. The number of nitrogens with one attached hydrogen (secondary N) is 1. The van der Waals surface area contributed by atoms with Gasteiger partial charge in [-0.25, -0.2) is 0 Å². The summed E-state index contributed by atoms with van der Waals surface area (Å²) in [6, 6.07) is 16.8. The summed E-state index contributed by atoms with van der Waals surface area (Å²) in [7, 11) is 3.11. The highest BCUT2D eigenvalue weighted by atomic mass is 16.5. The molecule has 3 aromatic rings. The second-order valence-electron chi connectivity index (χ2n) is 5.65. The molecule has 0 aliphatic rings. The molecule has 3 rings (SSSR count). The summed E-state index contributed by atoms with van der Waals surface area (Å²) in [6.45, 7) is 0. The number of aromatic nitrogens is 3. The molecule has 1 heterocycles. The molecule has 0 saturated heterocycles. The number of nitrogens with zero attached hydrogens (tertiary/aromatic N) is 4. The molecular weight excluding hydrogens is 356 g/mol. The Labute approximate surface area is 162 Å². The fraction of sp³-hybridized carbons (Fsp3) is 0.100. The van der Waals surface area contributed by atoms with E-state index in [-0.39, 0.29) is 23.3 Å². The van der Waals surface area contributed by atoms with Gasteiger partial charge in [-0.15, -0.1) is 0 Å². The average molecular weight is 374 g/mol. The van der Waals surface area contributed by atoms with Gasteiger partial charge in [0.05, 0.1) is 19.8 Å². The standard InChI is InChI=1S/C20H18N6O2/c1-27-16-9-13(10-17(11-16)28-2)8-14(12-21)18-24-19(22)26-20(25-18)23-15-6-4-3-5-7-15/h3-11H,1-2H3,(H3,22,23,24,25,26). The third kappa shape index (κ3) is 4.53. The number of nitrogen functional groups attached to an aromatic ring is 1. The van der Waals surface area contributed by atoms with Crippen molar-refractivity contribution in [1.29, 1.82) is 5.26 Å². The minimum atomic E-state index is 0.00723. The van der Waals surface area contributed by atoms with Crippen LogP contribution in [-0.2, 0) is 0 Å². The number of hydrogen-bond donors (Lipinski definition) is 2. The first-order valence-electron chi connectivity index (χ1n) is 8.30. The van der Waals surface area contributed by atoms with Gasteiger partial charge < -0.3 is 20.5 Å². The molecule has 0 fully saturated rings. The molecule has 1 aromatic heterocycles. The Morgan fingerprint density at radius 3 is 2.32 bits per heavy atom. The largest absolute Gasteiger partial charge is 0.497 e. The first-order chi connectivity index (χ1) is 13.6. The molecule has 0 atom stereocenters. The number of benzene rings is 2. The number of para-hydroxylation sites is 1. The van der Waals surface area contributed by atoms with Crippen LogP contribution in [0.5, 0.6) is 11.5 Å². The number of ether oxygens (including phenoxy) is 2. The van der Waals surface area contributed by atoms with Gasteiger partial charge in [-0.2, -0.15) is 20.2 Å². The normalized spacial score (nSPS) is 10.8. The van der Waals surface area contributed by atoms with E-state index in [1.807, 2.05) is 30.3 Å². The summed E-state index contributed by atoms with van der Waals surface area (Å²) in [5.41, 5.74) is 7.52. The van der Waals surface area contributed by atoms with Crippen LogP contribution in [0.4, 0.5) is 17.6 Å². The lowest BCUT2D eigenvalue weighted by molar-refractivity contribution is 0.394. The van der Waals surface area contributed by atoms with Gasteiger partial charge in [-0.3, -0.25) is 0 Å². The van der Waals surface area contributed by atoms with Crippen molar-refractivity contribution in [3.8, 4) is 17.6 Å². The van der Waals surface area contributed by atoms with Gasteiger partial charge in [-0.1, -0.05) is 18.2 Å². The summed E-state index contributed by atoms with van der Waals surface area (Å²) < 4.78 is 10.5. The zero-order valence-corrected chi connectivity index (χ0v) is 15.4. The van der Waals surface area contributed by atoms with Gasteiger partial charge in [-0.05, 0) is 35.9 Å². The molecule has 8 nitrogen and oxygen atoms in total. The minimum absolute atomic E-state index is 0.00723. The van der Waals surface area contributed by atoms with Crippen molar-refractivity contribution in [1.82, 2.24) is 15.0 Å². The minimum Gasteiger partial charge on any atom is -0.497 e. The van der Waals surface area contributed by atoms with E-state index < -0.39 is 0 Å². The molecule has 0 spiro atoms. The zero-order valence-electron chi connectivity index (χ0n) is 15.4. The predicted octanol–water partition coefficient (Wildman–Crippen LogP) is 3.28. The monoisotopic (exact) mass is 374 g/mol. The topological polar surface area (TPSA) is 119 Å². The summed E-state index contributed by atoms with van der Waals surface area (Å²) >= 11 is 0. The van der Waals surface area contributed by atoms with Crippen LogP contribution in [0.25, 0.3) is 11.6 Å². The van der Waals surface area contributed by atoms with Crippen LogP contribution in [0, 0.1) is 11.3 Å². The van der Waals surface area contributed by atoms with Crippen LogP contribution in [-0.4, -0.2) is 29.2 Å². The second kappa shape index (κ2) is 8.51. The van der Waals surface area contributed by atoms with Crippen molar-refractivity contribution in [2.75, 3.05) is 25.3 Å². The van der Waals surface area contributed by atoms with Gasteiger partial charge in [0.15, 0.2) is 5.82 Å². The van der Waals surface area contributed by atoms with Crippen molar-refractivity contribution in [3.05, 3.63) is 59.9 Å². The van der Waals surface area contributed by atoms with E-state index in [2.05, 4.69) is 26.3 Å². The molecule has 140 valence electrons. The molecule has 28 heavy (non-hydrogen) atoms. The summed E-state index contributed by atoms with van der Waals surface area (Å²) in [4.78, 5) is 12.5. The number of hydrogen-bond acceptors (Lipinski definition) is 8. The predicted molar refractivity (Wildman–Crippen MR) is 107 cm³/mol. The van der Waals surface area contributed by atoms with Gasteiger partial charge in [0, 0.05) is 11.8 Å². The lowest BCUT2D eigenvalue weighted by Crippen LogP contribution is -2.06. The highest BCUT2D eigenvalue weighted by molar-refractivity contribution is 5.87. The maximum absolute atomic E-state index is 9.62. The van der Waals surface area contributed by atoms with Crippen LogP contribution in [0.15, 0.2) is 48.5 Å². The third-order valence-corrected chi connectivity index (χ3v) is 3.73. The van der Waals surface area contributed by atoms with Gasteiger partial charge in [0.25, 0.3) is 0 Å². The molecule has 0 amide bonds. The Kier molecular flexibility index (Phi) is 5.67. The fourth-order valence-corrected chi connectivity index (χ4v) is 2.45. The molecule has 2 aromatic carbocycles. The molecule has 0 unspecified atom stereocenters. The Balaban J connectivity index is 1.99. The number of nitrogens with two attached hydrogens (primary N) is 1. The van der Waals surface area contributed by atoms with E-state index in [9.17, 15) is 5.26 Å². The first-order valence-corrected chi connectivity index (χ1v) is 8.30. The van der Waals surface area contributed by atoms with Crippen molar-refractivity contribution in [3.63, 3.8) is 0 Å². The third-order valence-electron chi connectivity index (χ3n) is 3.73. The number of allylic oxidation sites excluding steroid dienone is 1. The second-order valence-corrected chi connectivity index (χ2v) is 5.65. The van der Waals surface area contributed by atoms with Crippen molar-refractivity contribution in [2.24, 2.45) is 0 Å². The van der Waals surface area contributed by atoms with E-state index in [0.29, 0.717) is 17.1 Å². The maximum Gasteiger partial charge on any atom is 0.232 e. The molecule has 8 heteroatoms. The molecular formula is C20H18N6O2. The van der Waals surface area contributed by atoms with Gasteiger partial charge >= 0.3 is 0 Å². The van der Waals surface area contributed by atoms with E-state index in [1.54, 1.807) is 38.5 Å². The van der Waals surface area contributed by atoms with Crippen molar-refractivity contribution < 1.29 is 9.47 Å². The number of nitriles is 1. The van der Waals surface area contributed by atoms with Crippen LogP contribution in [0.1, 0.15) is 11.4 Å². The Morgan fingerprint density at radius 1 is 1.04 bits per heavy atom. The van der Waals surface area contributed by atoms with Gasteiger partial charge in [0.1, 0.15) is 17.6 Å². The Hall–Kier alpha value is -4.12. The molecule has 3 N–H and O–H groups in total. The molecule has 0 bridgehead atoms. The summed E-state index contributed by atoms with van der Waals surface area (Å²) in [5.74, 6) is 1.62. The van der Waals surface area contributed by atoms with E-state index in [4.69, 9.17) is 15.2 Å². The molecule has 0 aliphatic heterocycles. The fourth-order valence-electron chi connectivity index (χ4n) is 2.45. The Bertz CT molecular complexity index is 1020. The molecule has 0 saturated carbocycles. The van der Waals surface area contributed by atoms with E-state index in [1.165, 1.54) is 0 Å². The lowest BCUT2D eigenvalue weighted by atomic mass is 10.1. The first kappa shape index (κ1) is 18.7. The average Bonchev–Trinajstić information content (AvgIpc) is 2.72. The number of rotatable bonds is 6. The lowest BCUT2D eigenvalue weighted by Gasteiger charge is -2.08. The molecule has 0 radical (unpaired) electrons. The quantitative estimate of drug-likeness (QED) is 0.631. The van der Waals surface area contributed by atoms with Crippen LogP contribution < -0.4 is 20.5 Å². The zero-order chi connectivity index (χ0) is 19.9. The van der Waals surface area contributed by atoms with Crippen molar-refractivity contribution in [2.45, 2.75) is 0 Å². The van der Waals surface area contributed by atoms with E-state index >= 15 is 0 Å². The van der Waals surface area contributed by atoms with Crippen LogP contribution >= 0.6 is 0 Å². The maximum atomic E-state index is 9.62. The van der Waals surface area contributed by atoms with Crippen LogP contribution in [0.2, 0.25) is 0 Å². The number of anilines is 3. The smallest absolute Gasteiger partial charge is 0.232 e. The summed E-state index contributed by atoms with van der Waals surface area (Å²) in [5, 5.41) is 12.7. The van der Waals surface area contributed by atoms with E-state index in [0.717, 1.165) is 5.69 Å². The number of methoxy groups -OCH3 is 2. The van der Waals surface area contributed by atoms with Gasteiger partial charge in [0.2, 0.25) is 11.9 Å². The Morgan fingerprint density at radius 2 is 1.71 bits per heavy atom. The van der Waals surface area contributed by atoms with Crippen LogP contribution in [0.3, 0.4) is 0 Å². The van der Waals surface area contributed by atoms with Crippen molar-refractivity contribution >= 4 is 29.2 Å². The highest BCUT2D eigenvalue weighted by Gasteiger charge is 2.11. The highest BCUT2D eigenvalue weighted by Crippen LogP contribution is 2.25. The molecule has 0 aliphatic carbocycles. The summed E-state index contributed by atoms with van der Waals surface area (Å²) in [6.07, 6.45) is 1.63.